The second kappa shape index (κ2) is 10.4. The Morgan fingerprint density at radius 2 is 1.70 bits per heavy atom. The van der Waals surface area contributed by atoms with E-state index < -0.39 is 23.3 Å². The number of anilines is 1. The van der Waals surface area contributed by atoms with Gasteiger partial charge in [0.05, 0.1) is 38.0 Å². The van der Waals surface area contributed by atoms with E-state index in [1.165, 1.54) is 12.7 Å². The van der Waals surface area contributed by atoms with Crippen LogP contribution in [0.2, 0.25) is 0 Å². The van der Waals surface area contributed by atoms with Crippen LogP contribution in [0.4, 0.5) is 5.69 Å². The van der Waals surface area contributed by atoms with Crippen molar-refractivity contribution in [3.8, 4) is 11.5 Å². The van der Waals surface area contributed by atoms with Crippen molar-refractivity contribution in [2.45, 2.75) is 42.7 Å². The van der Waals surface area contributed by atoms with Gasteiger partial charge in [-0.2, -0.15) is 0 Å². The van der Waals surface area contributed by atoms with E-state index in [0.29, 0.717) is 44.2 Å². The van der Waals surface area contributed by atoms with Crippen molar-refractivity contribution >= 4 is 17.4 Å². The van der Waals surface area contributed by atoms with Gasteiger partial charge in [0.1, 0.15) is 5.92 Å². The Morgan fingerprint density at radius 1 is 1.00 bits per heavy atom. The van der Waals surface area contributed by atoms with Crippen LogP contribution in [0.5, 0.6) is 11.5 Å². The van der Waals surface area contributed by atoms with Crippen molar-refractivity contribution in [3.63, 3.8) is 0 Å². The van der Waals surface area contributed by atoms with Crippen LogP contribution in [0.1, 0.15) is 29.0 Å². The van der Waals surface area contributed by atoms with Crippen molar-refractivity contribution in [3.05, 3.63) is 89.5 Å². The molecule has 9 heteroatoms. The van der Waals surface area contributed by atoms with E-state index in [9.17, 15) is 4.79 Å². The highest BCUT2D eigenvalue weighted by molar-refractivity contribution is 6.02. The summed E-state index contributed by atoms with van der Waals surface area (Å²) in [6.45, 7) is 2.53. The predicted octanol–water partition coefficient (Wildman–Crippen LogP) is 4.17. The van der Waals surface area contributed by atoms with Gasteiger partial charge in [0.2, 0.25) is 6.79 Å². The minimum absolute atomic E-state index is 0.166. The summed E-state index contributed by atoms with van der Waals surface area (Å²) in [5, 5.41) is 3.81. The molecule has 2 saturated heterocycles. The maximum absolute atomic E-state index is 14.1. The number of hydrogen-bond acceptors (Lipinski definition) is 9. The highest BCUT2D eigenvalue weighted by Crippen LogP contribution is 2.65. The van der Waals surface area contributed by atoms with E-state index in [2.05, 4.69) is 46.6 Å². The smallest absolute Gasteiger partial charge is 0.314 e. The zero-order valence-electron chi connectivity index (χ0n) is 24.2. The Balaban J connectivity index is 1.32. The molecule has 2 bridgehead atoms. The number of methoxy groups -OCH3 is 1. The molecule has 1 N–H and O–H groups in total. The lowest BCUT2D eigenvalue weighted by Gasteiger charge is -2.46. The molecule has 0 aromatic heterocycles. The Kier molecular flexibility index (Phi) is 6.43. The third-order valence-electron chi connectivity index (χ3n) is 9.67. The number of carbonyl (C=O) groups is 1. The number of nitrogens with one attached hydrogen (secondary N) is 1. The molecule has 0 aliphatic carbocycles. The lowest BCUT2D eigenvalue weighted by Crippen LogP contribution is -2.63. The summed E-state index contributed by atoms with van der Waals surface area (Å²) in [6, 6.07) is 24.5. The molecule has 222 valence electrons. The van der Waals surface area contributed by atoms with Crippen molar-refractivity contribution in [2.75, 3.05) is 45.5 Å². The van der Waals surface area contributed by atoms with Gasteiger partial charge in [-0.05, 0) is 35.6 Å². The number of hydrogen-bond donors (Lipinski definition) is 1. The standard InChI is InChI=1S/C34H35N3O6/c1-39-32(38)31-30-24-19-26-27(42-21-41-26)20-25(24)35-28(13-12-22-8-4-2-5-9-22)33(30)36-29(18-23-10-6-3-7-11-23)34(31,43-33)37-14-16-40-17-15-37/h2-11,19-20,28,30-31,35H,12-18,21H2,1H3/t28-,30+,31-,33+,34-/m0/s1. The summed E-state index contributed by atoms with van der Waals surface area (Å²) >= 11 is 0. The maximum Gasteiger partial charge on any atom is 0.314 e. The Bertz CT molecular complexity index is 1560. The number of aliphatic imine (C=N–C) groups is 1. The van der Waals surface area contributed by atoms with E-state index in [1.54, 1.807) is 0 Å². The molecule has 5 atom stereocenters. The van der Waals surface area contributed by atoms with E-state index in [-0.39, 0.29) is 18.8 Å². The molecular weight excluding hydrogens is 546 g/mol. The monoisotopic (exact) mass is 581 g/mol. The van der Waals surface area contributed by atoms with Gasteiger partial charge in [-0.1, -0.05) is 60.7 Å². The molecule has 5 aliphatic heterocycles. The fraction of sp³-hybridized carbons (Fsp3) is 0.412. The molecule has 43 heavy (non-hydrogen) atoms. The Morgan fingerprint density at radius 3 is 2.42 bits per heavy atom. The largest absolute Gasteiger partial charge is 0.469 e. The summed E-state index contributed by atoms with van der Waals surface area (Å²) < 4.78 is 30.4. The fourth-order valence-electron chi connectivity index (χ4n) is 7.81. The molecule has 2 fully saturated rings. The minimum Gasteiger partial charge on any atom is -0.469 e. The van der Waals surface area contributed by atoms with Gasteiger partial charge >= 0.3 is 5.97 Å². The molecule has 0 amide bonds. The molecule has 1 spiro atoms. The van der Waals surface area contributed by atoms with Gasteiger partial charge in [0.25, 0.3) is 0 Å². The molecular formula is C34H35N3O6. The summed E-state index contributed by atoms with van der Waals surface area (Å²) in [4.78, 5) is 22.0. The van der Waals surface area contributed by atoms with Crippen molar-refractivity contribution in [1.29, 1.82) is 0 Å². The summed E-state index contributed by atoms with van der Waals surface area (Å²) in [7, 11) is 1.47. The average Bonchev–Trinajstić information content (AvgIpc) is 3.74. The number of nitrogens with zero attached hydrogens (tertiary/aromatic N) is 2. The van der Waals surface area contributed by atoms with Gasteiger partial charge in [-0.25, -0.2) is 0 Å². The molecule has 3 aromatic carbocycles. The molecule has 5 heterocycles. The van der Waals surface area contributed by atoms with Gasteiger partial charge < -0.3 is 29.0 Å². The first-order valence-corrected chi connectivity index (χ1v) is 15.1. The minimum atomic E-state index is -1.08. The molecule has 8 rings (SSSR count). The van der Waals surface area contributed by atoms with Crippen LogP contribution >= 0.6 is 0 Å². The van der Waals surface area contributed by atoms with Gasteiger partial charge in [0, 0.05) is 31.3 Å². The third-order valence-corrected chi connectivity index (χ3v) is 9.67. The lowest BCUT2D eigenvalue weighted by molar-refractivity contribution is -0.175. The topological polar surface area (TPSA) is 90.9 Å². The highest BCUT2D eigenvalue weighted by atomic mass is 16.7. The van der Waals surface area contributed by atoms with Gasteiger partial charge in [-0.3, -0.25) is 14.7 Å². The van der Waals surface area contributed by atoms with E-state index in [0.717, 1.165) is 35.4 Å². The Hall–Kier alpha value is -3.92. The number of rotatable bonds is 7. The first kappa shape index (κ1) is 26.7. The second-order valence-electron chi connectivity index (χ2n) is 11.9. The van der Waals surface area contributed by atoms with Crippen LogP contribution in [-0.4, -0.2) is 74.3 Å². The second-order valence-corrected chi connectivity index (χ2v) is 11.9. The summed E-state index contributed by atoms with van der Waals surface area (Å²) in [5.41, 5.74) is 2.96. The Labute approximate surface area is 250 Å². The number of esters is 1. The van der Waals surface area contributed by atoms with Crippen molar-refractivity contribution < 1.29 is 28.5 Å². The SMILES string of the molecule is COC(=O)[C@@H]1[C@H]2c3cc4c(cc3N[C@@H](CCc3ccccc3)[C@]23N=C(Cc2ccccc2)[C@]1(N1CCOCC1)O3)OCO4. The van der Waals surface area contributed by atoms with Crippen LogP contribution in [0.3, 0.4) is 0 Å². The van der Waals surface area contributed by atoms with Crippen LogP contribution < -0.4 is 14.8 Å². The van der Waals surface area contributed by atoms with E-state index in [4.69, 9.17) is 28.7 Å². The number of morpholine rings is 1. The molecule has 5 aliphatic rings. The highest BCUT2D eigenvalue weighted by Gasteiger charge is 2.77. The first-order valence-electron chi connectivity index (χ1n) is 15.1. The molecule has 3 aromatic rings. The number of ether oxygens (including phenoxy) is 5. The predicted molar refractivity (Wildman–Crippen MR) is 160 cm³/mol. The first-order chi connectivity index (χ1) is 21.1. The molecule has 0 unspecified atom stereocenters. The number of fused-ring (bicyclic) bond motifs is 4. The van der Waals surface area contributed by atoms with Crippen molar-refractivity contribution in [2.24, 2.45) is 10.9 Å². The maximum atomic E-state index is 14.1. The summed E-state index contributed by atoms with van der Waals surface area (Å²) in [6.07, 6.45) is 2.15. The number of carbonyl (C=O) groups excluding carboxylic acids is 1. The van der Waals surface area contributed by atoms with Crippen molar-refractivity contribution in [1.82, 2.24) is 4.90 Å². The fourth-order valence-corrected chi connectivity index (χ4v) is 7.81. The van der Waals surface area contributed by atoms with Crippen LogP contribution in [0, 0.1) is 5.92 Å². The van der Waals surface area contributed by atoms with Gasteiger partial charge in [-0.15, -0.1) is 0 Å². The molecule has 0 saturated carbocycles. The molecule has 9 nitrogen and oxygen atoms in total. The zero-order valence-corrected chi connectivity index (χ0v) is 24.2. The quantitative estimate of drug-likeness (QED) is 0.416. The van der Waals surface area contributed by atoms with Gasteiger partial charge in [0.15, 0.2) is 22.9 Å². The van der Waals surface area contributed by atoms with E-state index >= 15 is 0 Å². The average molecular weight is 582 g/mol. The van der Waals surface area contributed by atoms with Crippen LogP contribution in [0.25, 0.3) is 0 Å². The van der Waals surface area contributed by atoms with Crippen LogP contribution in [0.15, 0.2) is 77.8 Å². The number of aryl methyl sites for hydroxylation is 1. The normalized spacial score (nSPS) is 30.3. The summed E-state index contributed by atoms with van der Waals surface area (Å²) in [5.74, 6) is 0.0184. The molecule has 0 radical (unpaired) electrons. The number of benzene rings is 3. The third kappa shape index (κ3) is 4.09. The van der Waals surface area contributed by atoms with E-state index in [1.807, 2.05) is 36.4 Å². The van der Waals surface area contributed by atoms with Crippen LogP contribution in [-0.2, 0) is 31.8 Å². The lowest BCUT2D eigenvalue weighted by atomic mass is 9.67. The zero-order chi connectivity index (χ0) is 29.0.